The largest absolute Gasteiger partial charge is 0.463 e. The fourth-order valence-electron chi connectivity index (χ4n) is 2.51. The summed E-state index contributed by atoms with van der Waals surface area (Å²) in [5, 5.41) is 0. The first-order valence-corrected chi connectivity index (χ1v) is 8.03. The van der Waals surface area contributed by atoms with Crippen LogP contribution in [0, 0.1) is 0 Å². The van der Waals surface area contributed by atoms with Gasteiger partial charge in [-0.1, -0.05) is 32.6 Å². The predicted octanol–water partition coefficient (Wildman–Crippen LogP) is 4.24. The molecule has 1 heterocycles. The Balaban J connectivity index is 1.97. The van der Waals surface area contributed by atoms with Crippen LogP contribution < -0.4 is 0 Å². The van der Waals surface area contributed by atoms with Crippen molar-refractivity contribution in [1.29, 1.82) is 0 Å². The zero-order valence-electron chi connectivity index (χ0n) is 12.7. The Morgan fingerprint density at radius 2 is 2.11 bits per heavy atom. The van der Waals surface area contributed by atoms with Gasteiger partial charge in [-0.2, -0.15) is 0 Å². The summed E-state index contributed by atoms with van der Waals surface area (Å²) < 4.78 is 11.0. The molecular weight excluding hydrogens is 240 g/mol. The minimum absolute atomic E-state index is 0.0312. The standard InChI is InChI=1S/C16H30O3/c1-3-4-5-6-7-10-16(17)19-14(2)11-12-15-9-8-13-18-15/h14-15H,3-13H2,1-2H3/t14-,15+/m0/s1. The second kappa shape index (κ2) is 10.2. The molecule has 2 atom stereocenters. The zero-order valence-corrected chi connectivity index (χ0v) is 12.7. The highest BCUT2D eigenvalue weighted by Crippen LogP contribution is 2.18. The molecule has 1 aliphatic heterocycles. The molecule has 112 valence electrons. The highest BCUT2D eigenvalue weighted by molar-refractivity contribution is 5.69. The van der Waals surface area contributed by atoms with E-state index < -0.39 is 0 Å². The van der Waals surface area contributed by atoms with Crippen LogP contribution >= 0.6 is 0 Å². The van der Waals surface area contributed by atoms with Gasteiger partial charge in [0.15, 0.2) is 0 Å². The van der Waals surface area contributed by atoms with E-state index in [1.165, 1.54) is 25.7 Å². The molecule has 0 aromatic carbocycles. The van der Waals surface area contributed by atoms with E-state index in [0.29, 0.717) is 12.5 Å². The van der Waals surface area contributed by atoms with E-state index in [1.807, 2.05) is 6.92 Å². The third-order valence-corrected chi connectivity index (χ3v) is 3.74. The van der Waals surface area contributed by atoms with Crippen LogP contribution in [0.25, 0.3) is 0 Å². The molecule has 1 rings (SSSR count). The minimum atomic E-state index is -0.0312. The molecule has 3 nitrogen and oxygen atoms in total. The van der Waals surface area contributed by atoms with Gasteiger partial charge < -0.3 is 9.47 Å². The summed E-state index contributed by atoms with van der Waals surface area (Å²) >= 11 is 0. The van der Waals surface area contributed by atoms with Crippen molar-refractivity contribution < 1.29 is 14.3 Å². The third-order valence-electron chi connectivity index (χ3n) is 3.74. The quantitative estimate of drug-likeness (QED) is 0.440. The van der Waals surface area contributed by atoms with Crippen LogP contribution in [0.2, 0.25) is 0 Å². The van der Waals surface area contributed by atoms with Gasteiger partial charge in [0.05, 0.1) is 12.2 Å². The minimum Gasteiger partial charge on any atom is -0.463 e. The van der Waals surface area contributed by atoms with Gasteiger partial charge in [-0.25, -0.2) is 0 Å². The number of ether oxygens (including phenoxy) is 2. The van der Waals surface area contributed by atoms with E-state index in [1.54, 1.807) is 0 Å². The van der Waals surface area contributed by atoms with Crippen molar-refractivity contribution in [1.82, 2.24) is 0 Å². The topological polar surface area (TPSA) is 35.5 Å². The van der Waals surface area contributed by atoms with Gasteiger partial charge in [0, 0.05) is 13.0 Å². The van der Waals surface area contributed by atoms with E-state index in [0.717, 1.165) is 38.7 Å². The molecule has 19 heavy (non-hydrogen) atoms. The molecule has 0 N–H and O–H groups in total. The molecular formula is C16H30O3. The van der Waals surface area contributed by atoms with Gasteiger partial charge in [-0.3, -0.25) is 4.79 Å². The lowest BCUT2D eigenvalue weighted by Gasteiger charge is -2.15. The molecule has 0 bridgehead atoms. The van der Waals surface area contributed by atoms with Crippen LogP contribution in [0.4, 0.5) is 0 Å². The summed E-state index contributed by atoms with van der Waals surface area (Å²) in [6, 6.07) is 0. The normalized spacial score (nSPS) is 20.4. The van der Waals surface area contributed by atoms with Gasteiger partial charge in [-0.05, 0) is 39.0 Å². The molecule has 0 amide bonds. The molecule has 0 radical (unpaired) electrons. The summed E-state index contributed by atoms with van der Waals surface area (Å²) in [7, 11) is 0. The van der Waals surface area contributed by atoms with Gasteiger partial charge in [0.2, 0.25) is 0 Å². The molecule has 1 saturated heterocycles. The van der Waals surface area contributed by atoms with Crippen LogP contribution in [0.5, 0.6) is 0 Å². The first-order valence-electron chi connectivity index (χ1n) is 8.03. The third kappa shape index (κ3) is 8.25. The molecule has 0 aromatic heterocycles. The molecule has 1 fully saturated rings. The predicted molar refractivity (Wildman–Crippen MR) is 77.1 cm³/mol. The summed E-state index contributed by atoms with van der Waals surface area (Å²) in [5.74, 6) is -0.0312. The molecule has 3 heteroatoms. The average Bonchev–Trinajstić information content (AvgIpc) is 2.89. The number of esters is 1. The van der Waals surface area contributed by atoms with Crippen LogP contribution in [0.1, 0.15) is 78.1 Å². The van der Waals surface area contributed by atoms with Gasteiger partial charge in [-0.15, -0.1) is 0 Å². The molecule has 0 unspecified atom stereocenters. The Hall–Kier alpha value is -0.570. The SMILES string of the molecule is CCCCCCCC(=O)O[C@@H](C)CC[C@H]1CCCO1. The Labute approximate surface area is 118 Å². The first-order chi connectivity index (χ1) is 9.22. The number of rotatable bonds is 10. The second-order valence-electron chi connectivity index (χ2n) is 5.68. The fourth-order valence-corrected chi connectivity index (χ4v) is 2.51. The lowest BCUT2D eigenvalue weighted by Crippen LogP contribution is -2.17. The van der Waals surface area contributed by atoms with Gasteiger partial charge >= 0.3 is 5.97 Å². The highest BCUT2D eigenvalue weighted by atomic mass is 16.5. The van der Waals surface area contributed by atoms with Crippen molar-refractivity contribution in [2.75, 3.05) is 6.61 Å². The summed E-state index contributed by atoms with van der Waals surface area (Å²) in [5.41, 5.74) is 0. The van der Waals surface area contributed by atoms with E-state index in [4.69, 9.17) is 9.47 Å². The monoisotopic (exact) mass is 270 g/mol. The van der Waals surface area contributed by atoms with E-state index in [2.05, 4.69) is 6.92 Å². The Morgan fingerprint density at radius 3 is 2.79 bits per heavy atom. The maximum Gasteiger partial charge on any atom is 0.306 e. The summed E-state index contributed by atoms with van der Waals surface area (Å²) in [4.78, 5) is 11.6. The zero-order chi connectivity index (χ0) is 13.9. The molecule has 1 aliphatic rings. The van der Waals surface area contributed by atoms with E-state index in [-0.39, 0.29) is 12.1 Å². The van der Waals surface area contributed by atoms with Crippen molar-refractivity contribution in [3.63, 3.8) is 0 Å². The smallest absolute Gasteiger partial charge is 0.306 e. The summed E-state index contributed by atoms with van der Waals surface area (Å²) in [6.45, 7) is 5.09. The van der Waals surface area contributed by atoms with Crippen molar-refractivity contribution >= 4 is 5.97 Å². The highest BCUT2D eigenvalue weighted by Gasteiger charge is 2.17. The van der Waals surface area contributed by atoms with Crippen molar-refractivity contribution in [2.45, 2.75) is 90.3 Å². The van der Waals surface area contributed by atoms with Crippen LogP contribution in [0.15, 0.2) is 0 Å². The van der Waals surface area contributed by atoms with Crippen LogP contribution in [-0.4, -0.2) is 24.8 Å². The lowest BCUT2D eigenvalue weighted by atomic mass is 10.1. The maximum atomic E-state index is 11.6. The lowest BCUT2D eigenvalue weighted by molar-refractivity contribution is -0.148. The Kier molecular flexibility index (Phi) is 8.89. The molecule has 0 saturated carbocycles. The fraction of sp³-hybridized carbons (Fsp3) is 0.938. The molecule has 0 aliphatic carbocycles. The number of hydrogen-bond acceptors (Lipinski definition) is 3. The van der Waals surface area contributed by atoms with Crippen molar-refractivity contribution in [3.8, 4) is 0 Å². The van der Waals surface area contributed by atoms with Crippen LogP contribution in [0.3, 0.4) is 0 Å². The van der Waals surface area contributed by atoms with Crippen molar-refractivity contribution in [3.05, 3.63) is 0 Å². The number of hydrogen-bond donors (Lipinski definition) is 0. The molecule has 0 aromatic rings. The van der Waals surface area contributed by atoms with E-state index in [9.17, 15) is 4.79 Å². The first kappa shape index (κ1) is 16.5. The summed E-state index contributed by atoms with van der Waals surface area (Å²) in [6.07, 6.45) is 11.2. The van der Waals surface area contributed by atoms with Crippen molar-refractivity contribution in [2.24, 2.45) is 0 Å². The maximum absolute atomic E-state index is 11.6. The Bertz CT molecular complexity index is 234. The number of unbranched alkanes of at least 4 members (excludes halogenated alkanes) is 4. The number of carbonyl (C=O) groups is 1. The van der Waals surface area contributed by atoms with Gasteiger partial charge in [0.25, 0.3) is 0 Å². The van der Waals surface area contributed by atoms with Gasteiger partial charge in [0.1, 0.15) is 0 Å². The van der Waals surface area contributed by atoms with E-state index >= 15 is 0 Å². The number of carbonyl (C=O) groups excluding carboxylic acids is 1. The second-order valence-corrected chi connectivity index (χ2v) is 5.68. The molecule has 0 spiro atoms. The Morgan fingerprint density at radius 1 is 1.32 bits per heavy atom. The average molecular weight is 270 g/mol. The van der Waals surface area contributed by atoms with Crippen LogP contribution in [-0.2, 0) is 14.3 Å².